The molecule has 1 unspecified atom stereocenters. The van der Waals surface area contributed by atoms with Crippen molar-refractivity contribution in [3.05, 3.63) is 21.3 Å². The number of hydrogen-bond acceptors (Lipinski definition) is 2. The van der Waals surface area contributed by atoms with E-state index in [0.29, 0.717) is 6.04 Å². The Labute approximate surface area is 115 Å². The Morgan fingerprint density at radius 3 is 2.65 bits per heavy atom. The standard InChI is InChI=1S/C14H24ClNS/c1-4-9-16-12(10-11(2)3)5-6-13-7-8-14(15)17-13/h7-8,11-12,16H,4-6,9-10H2,1-3H3. The first-order valence-corrected chi connectivity index (χ1v) is 7.78. The summed E-state index contributed by atoms with van der Waals surface area (Å²) in [6, 6.07) is 4.80. The minimum absolute atomic E-state index is 0.649. The summed E-state index contributed by atoms with van der Waals surface area (Å²) in [6.07, 6.45) is 4.83. The van der Waals surface area contributed by atoms with E-state index in [1.807, 2.05) is 6.07 Å². The van der Waals surface area contributed by atoms with Crippen LogP contribution in [0.2, 0.25) is 4.34 Å². The summed E-state index contributed by atoms with van der Waals surface area (Å²) in [6.45, 7) is 7.94. The highest BCUT2D eigenvalue weighted by atomic mass is 35.5. The first kappa shape index (κ1) is 15.0. The highest BCUT2D eigenvalue weighted by Crippen LogP contribution is 2.23. The number of aryl methyl sites for hydroxylation is 1. The molecule has 0 radical (unpaired) electrons. The maximum Gasteiger partial charge on any atom is 0.0931 e. The van der Waals surface area contributed by atoms with Crippen LogP contribution in [0.3, 0.4) is 0 Å². The monoisotopic (exact) mass is 273 g/mol. The number of rotatable bonds is 8. The second-order valence-corrected chi connectivity index (χ2v) is 6.82. The minimum Gasteiger partial charge on any atom is -0.314 e. The fourth-order valence-electron chi connectivity index (χ4n) is 2.02. The largest absolute Gasteiger partial charge is 0.314 e. The molecule has 0 aliphatic rings. The Bertz CT molecular complexity index is 309. The zero-order valence-corrected chi connectivity index (χ0v) is 12.7. The Hall–Kier alpha value is -0.0500. The molecular formula is C14H24ClNS. The van der Waals surface area contributed by atoms with Gasteiger partial charge in [-0.1, -0.05) is 32.4 Å². The lowest BCUT2D eigenvalue weighted by molar-refractivity contribution is 0.399. The Balaban J connectivity index is 2.36. The molecule has 1 heterocycles. The normalized spacial score (nSPS) is 13.2. The van der Waals surface area contributed by atoms with Gasteiger partial charge in [-0.15, -0.1) is 11.3 Å². The Kier molecular flexibility index (Phi) is 7.17. The van der Waals surface area contributed by atoms with Crippen molar-refractivity contribution in [2.24, 2.45) is 5.92 Å². The van der Waals surface area contributed by atoms with Crippen LogP contribution >= 0.6 is 22.9 Å². The van der Waals surface area contributed by atoms with E-state index < -0.39 is 0 Å². The third kappa shape index (κ3) is 6.44. The molecule has 0 bridgehead atoms. The van der Waals surface area contributed by atoms with Crippen molar-refractivity contribution in [3.63, 3.8) is 0 Å². The van der Waals surface area contributed by atoms with Crippen molar-refractivity contribution in [1.82, 2.24) is 5.32 Å². The second-order valence-electron chi connectivity index (χ2n) is 5.03. The predicted octanol–water partition coefficient (Wildman–Crippen LogP) is 4.75. The lowest BCUT2D eigenvalue weighted by atomic mass is 9.99. The third-order valence-corrected chi connectivity index (χ3v) is 4.10. The zero-order valence-electron chi connectivity index (χ0n) is 11.1. The number of halogens is 1. The molecule has 1 rings (SSSR count). The quantitative estimate of drug-likeness (QED) is 0.721. The summed E-state index contributed by atoms with van der Waals surface area (Å²) in [5.41, 5.74) is 0. The molecule has 1 N–H and O–H groups in total. The lowest BCUT2D eigenvalue weighted by Crippen LogP contribution is -2.31. The smallest absolute Gasteiger partial charge is 0.0931 e. The average molecular weight is 274 g/mol. The summed E-state index contributed by atoms with van der Waals surface area (Å²) in [5.74, 6) is 0.760. The molecule has 1 aromatic heterocycles. The molecule has 0 amide bonds. The van der Waals surface area contributed by atoms with Crippen LogP contribution in [0.15, 0.2) is 12.1 Å². The van der Waals surface area contributed by atoms with Gasteiger partial charge in [-0.3, -0.25) is 0 Å². The molecular weight excluding hydrogens is 250 g/mol. The van der Waals surface area contributed by atoms with Gasteiger partial charge in [0.25, 0.3) is 0 Å². The number of nitrogens with one attached hydrogen (secondary N) is 1. The van der Waals surface area contributed by atoms with Gasteiger partial charge in [0.1, 0.15) is 0 Å². The number of thiophene rings is 1. The van der Waals surface area contributed by atoms with E-state index in [4.69, 9.17) is 11.6 Å². The Morgan fingerprint density at radius 2 is 2.12 bits per heavy atom. The fourth-order valence-corrected chi connectivity index (χ4v) is 3.13. The van der Waals surface area contributed by atoms with Crippen molar-refractivity contribution in [3.8, 4) is 0 Å². The van der Waals surface area contributed by atoms with Gasteiger partial charge in [-0.05, 0) is 50.3 Å². The molecule has 0 aromatic carbocycles. The third-order valence-electron chi connectivity index (χ3n) is 2.81. The van der Waals surface area contributed by atoms with E-state index in [0.717, 1.165) is 23.2 Å². The molecule has 3 heteroatoms. The summed E-state index contributed by atoms with van der Waals surface area (Å²) in [7, 11) is 0. The van der Waals surface area contributed by atoms with Crippen molar-refractivity contribution < 1.29 is 0 Å². The lowest BCUT2D eigenvalue weighted by Gasteiger charge is -2.20. The van der Waals surface area contributed by atoms with Gasteiger partial charge < -0.3 is 5.32 Å². The Morgan fingerprint density at radius 1 is 1.35 bits per heavy atom. The highest BCUT2D eigenvalue weighted by molar-refractivity contribution is 7.16. The van der Waals surface area contributed by atoms with Gasteiger partial charge in [0.15, 0.2) is 0 Å². The van der Waals surface area contributed by atoms with Gasteiger partial charge >= 0.3 is 0 Å². The molecule has 0 spiro atoms. The number of hydrogen-bond donors (Lipinski definition) is 1. The molecule has 17 heavy (non-hydrogen) atoms. The van der Waals surface area contributed by atoms with Crippen LogP contribution in [0, 0.1) is 5.92 Å². The van der Waals surface area contributed by atoms with Crippen molar-refractivity contribution in [2.75, 3.05) is 6.54 Å². The first-order chi connectivity index (χ1) is 8.11. The van der Waals surface area contributed by atoms with Gasteiger partial charge in [-0.25, -0.2) is 0 Å². The zero-order chi connectivity index (χ0) is 12.7. The van der Waals surface area contributed by atoms with Gasteiger partial charge in [0.2, 0.25) is 0 Å². The molecule has 0 fully saturated rings. The van der Waals surface area contributed by atoms with Crippen molar-refractivity contribution in [1.29, 1.82) is 0 Å². The van der Waals surface area contributed by atoms with Crippen LogP contribution in [0.4, 0.5) is 0 Å². The summed E-state index contributed by atoms with van der Waals surface area (Å²) < 4.78 is 0.905. The molecule has 0 saturated carbocycles. The molecule has 0 saturated heterocycles. The molecule has 1 nitrogen and oxygen atoms in total. The molecule has 98 valence electrons. The van der Waals surface area contributed by atoms with Gasteiger partial charge in [0, 0.05) is 10.9 Å². The van der Waals surface area contributed by atoms with Crippen LogP contribution in [0.5, 0.6) is 0 Å². The van der Waals surface area contributed by atoms with E-state index in [1.54, 1.807) is 11.3 Å². The topological polar surface area (TPSA) is 12.0 Å². The van der Waals surface area contributed by atoms with Crippen LogP contribution < -0.4 is 5.32 Å². The minimum atomic E-state index is 0.649. The van der Waals surface area contributed by atoms with E-state index in [-0.39, 0.29) is 0 Å². The van der Waals surface area contributed by atoms with Crippen LogP contribution in [-0.2, 0) is 6.42 Å². The fraction of sp³-hybridized carbons (Fsp3) is 0.714. The second kappa shape index (κ2) is 8.12. The maximum atomic E-state index is 5.95. The molecule has 0 aliphatic carbocycles. The maximum absolute atomic E-state index is 5.95. The van der Waals surface area contributed by atoms with Crippen molar-refractivity contribution in [2.45, 2.75) is 52.5 Å². The van der Waals surface area contributed by atoms with E-state index in [2.05, 4.69) is 32.2 Å². The predicted molar refractivity (Wildman–Crippen MR) is 79.2 cm³/mol. The van der Waals surface area contributed by atoms with Crippen LogP contribution in [-0.4, -0.2) is 12.6 Å². The summed E-state index contributed by atoms with van der Waals surface area (Å²) in [4.78, 5) is 1.40. The van der Waals surface area contributed by atoms with Crippen molar-refractivity contribution >= 4 is 22.9 Å². The van der Waals surface area contributed by atoms with E-state index in [9.17, 15) is 0 Å². The van der Waals surface area contributed by atoms with Crippen LogP contribution in [0.1, 0.15) is 44.9 Å². The van der Waals surface area contributed by atoms with E-state index in [1.165, 1.54) is 24.1 Å². The molecule has 1 atom stereocenters. The van der Waals surface area contributed by atoms with Gasteiger partial charge in [0.05, 0.1) is 4.34 Å². The van der Waals surface area contributed by atoms with Crippen LogP contribution in [0.25, 0.3) is 0 Å². The average Bonchev–Trinajstić information content (AvgIpc) is 2.68. The van der Waals surface area contributed by atoms with E-state index >= 15 is 0 Å². The highest BCUT2D eigenvalue weighted by Gasteiger charge is 2.10. The summed E-state index contributed by atoms with van der Waals surface area (Å²) >= 11 is 7.66. The summed E-state index contributed by atoms with van der Waals surface area (Å²) in [5, 5.41) is 3.65. The first-order valence-electron chi connectivity index (χ1n) is 6.59. The molecule has 1 aromatic rings. The molecule has 0 aliphatic heterocycles. The van der Waals surface area contributed by atoms with Gasteiger partial charge in [-0.2, -0.15) is 0 Å². The SMILES string of the molecule is CCCNC(CCc1ccc(Cl)s1)CC(C)C.